The largest absolute Gasteiger partial charge is 0.416 e. The highest BCUT2D eigenvalue weighted by molar-refractivity contribution is 6.10. The van der Waals surface area contributed by atoms with Crippen molar-refractivity contribution < 1.29 is 26.7 Å². The Hall–Kier alpha value is -3.34. The van der Waals surface area contributed by atoms with E-state index >= 15 is 0 Å². The van der Waals surface area contributed by atoms with Gasteiger partial charge >= 0.3 is 6.18 Å². The molecule has 11 heteroatoms. The third kappa shape index (κ3) is 4.91. The lowest BCUT2D eigenvalue weighted by atomic mass is 9.60. The number of fused-ring (bicyclic) bond motifs is 1. The number of carbonyl (C=O) groups excluding carboxylic acids is 1. The number of nitrogens with zero attached hydrogens (tertiary/aromatic N) is 4. The van der Waals surface area contributed by atoms with Crippen molar-refractivity contribution in [2.75, 3.05) is 4.90 Å². The monoisotopic (exact) mass is 573 g/mol. The SMILES string of the molecule is CCC1(NCc2cc3c(c(C(F)(F)F)c2)CN(c2cccc(C4(Cc5nncn5C)CC(F)(F)C4)c2)C3=O)CCC1. The quantitative estimate of drug-likeness (QED) is 0.320. The Morgan fingerprint density at radius 3 is 2.44 bits per heavy atom. The van der Waals surface area contributed by atoms with Crippen LogP contribution < -0.4 is 10.2 Å². The number of aryl methyl sites for hydroxylation is 1. The number of benzene rings is 2. The van der Waals surface area contributed by atoms with Gasteiger partial charge in [-0.25, -0.2) is 8.78 Å². The van der Waals surface area contributed by atoms with Gasteiger partial charge in [0.2, 0.25) is 5.92 Å². The lowest BCUT2D eigenvalue weighted by molar-refractivity contribution is -0.138. The summed E-state index contributed by atoms with van der Waals surface area (Å²) in [5.74, 6) is -2.81. The number of halogens is 5. The molecule has 0 atom stereocenters. The van der Waals surface area contributed by atoms with E-state index in [1.165, 1.54) is 11.2 Å². The molecule has 1 aliphatic heterocycles. The van der Waals surface area contributed by atoms with Gasteiger partial charge in [0, 0.05) is 55.1 Å². The highest BCUT2D eigenvalue weighted by Gasteiger charge is 2.57. The van der Waals surface area contributed by atoms with E-state index in [0.717, 1.165) is 31.7 Å². The van der Waals surface area contributed by atoms with Crippen LogP contribution in [0.5, 0.6) is 0 Å². The molecule has 0 spiro atoms. The summed E-state index contributed by atoms with van der Waals surface area (Å²) in [6.07, 6.45) is 0.254. The number of hydrogen-bond donors (Lipinski definition) is 1. The van der Waals surface area contributed by atoms with E-state index in [-0.39, 0.29) is 36.2 Å². The molecule has 6 rings (SSSR count). The molecule has 6 nitrogen and oxygen atoms in total. The Morgan fingerprint density at radius 1 is 1.10 bits per heavy atom. The first-order valence-electron chi connectivity index (χ1n) is 13.9. The normalized spacial score (nSPS) is 20.5. The molecule has 2 aliphatic carbocycles. The third-order valence-corrected chi connectivity index (χ3v) is 9.33. The summed E-state index contributed by atoms with van der Waals surface area (Å²) in [5.41, 5.74) is -0.438. The zero-order chi connectivity index (χ0) is 29.2. The molecule has 218 valence electrons. The maximum Gasteiger partial charge on any atom is 0.416 e. The molecular formula is C30H32F5N5O. The molecule has 3 aromatic rings. The first-order chi connectivity index (χ1) is 19.3. The van der Waals surface area contributed by atoms with Crippen molar-refractivity contribution >= 4 is 11.6 Å². The van der Waals surface area contributed by atoms with Gasteiger partial charge in [0.1, 0.15) is 12.2 Å². The van der Waals surface area contributed by atoms with Crippen LogP contribution in [0.15, 0.2) is 42.7 Å². The molecule has 0 radical (unpaired) electrons. The van der Waals surface area contributed by atoms with Crippen molar-refractivity contribution in [3.8, 4) is 0 Å². The van der Waals surface area contributed by atoms with Crippen molar-refractivity contribution in [2.45, 2.75) is 88.0 Å². The minimum Gasteiger partial charge on any atom is -0.321 e. The van der Waals surface area contributed by atoms with Crippen LogP contribution in [0, 0.1) is 0 Å². The second-order valence-corrected chi connectivity index (χ2v) is 12.0. The second-order valence-electron chi connectivity index (χ2n) is 12.0. The van der Waals surface area contributed by atoms with Crippen molar-refractivity contribution in [1.29, 1.82) is 0 Å². The van der Waals surface area contributed by atoms with Gasteiger partial charge in [0.05, 0.1) is 12.1 Å². The number of aromatic nitrogens is 3. The summed E-state index contributed by atoms with van der Waals surface area (Å²) in [6, 6.07) is 9.40. The molecule has 2 aromatic carbocycles. The molecular weight excluding hydrogens is 541 g/mol. The Labute approximate surface area is 234 Å². The predicted octanol–water partition coefficient (Wildman–Crippen LogP) is 6.33. The Bertz CT molecular complexity index is 1480. The van der Waals surface area contributed by atoms with Crippen LogP contribution >= 0.6 is 0 Å². The van der Waals surface area contributed by atoms with E-state index < -0.39 is 41.8 Å². The number of carbonyl (C=O) groups is 1. The van der Waals surface area contributed by atoms with Gasteiger partial charge in [-0.1, -0.05) is 19.1 Å². The van der Waals surface area contributed by atoms with Crippen molar-refractivity contribution in [1.82, 2.24) is 20.1 Å². The van der Waals surface area contributed by atoms with Crippen LogP contribution in [0.25, 0.3) is 0 Å². The van der Waals surface area contributed by atoms with Crippen LogP contribution in [-0.2, 0) is 38.1 Å². The van der Waals surface area contributed by atoms with E-state index in [1.807, 2.05) is 0 Å². The van der Waals surface area contributed by atoms with Gasteiger partial charge in [-0.3, -0.25) is 4.79 Å². The topological polar surface area (TPSA) is 63.0 Å². The fourth-order valence-electron chi connectivity index (χ4n) is 6.72. The van der Waals surface area contributed by atoms with Crippen molar-refractivity contribution in [2.24, 2.45) is 7.05 Å². The summed E-state index contributed by atoms with van der Waals surface area (Å²) in [5, 5.41) is 11.4. The molecule has 3 aliphatic rings. The number of rotatable bonds is 8. The first-order valence-corrected chi connectivity index (χ1v) is 13.9. The molecule has 2 heterocycles. The fraction of sp³-hybridized carbons (Fsp3) is 0.500. The molecule has 41 heavy (non-hydrogen) atoms. The minimum atomic E-state index is -4.63. The van der Waals surface area contributed by atoms with Gasteiger partial charge in [0.25, 0.3) is 5.91 Å². The predicted molar refractivity (Wildman–Crippen MR) is 143 cm³/mol. The summed E-state index contributed by atoms with van der Waals surface area (Å²) in [4.78, 5) is 14.9. The molecule has 0 unspecified atom stereocenters. The zero-order valence-electron chi connectivity index (χ0n) is 23.0. The average Bonchev–Trinajstić information content (AvgIpc) is 3.43. The highest BCUT2D eigenvalue weighted by atomic mass is 19.4. The molecule has 1 aromatic heterocycles. The smallest absolute Gasteiger partial charge is 0.321 e. The van der Waals surface area contributed by atoms with E-state index in [2.05, 4.69) is 22.4 Å². The third-order valence-electron chi connectivity index (χ3n) is 9.33. The standard InChI is InChI=1S/C30H32F5N5O/c1-3-28(8-5-9-28)36-14-19-10-22-23(24(11-19)30(33,34)35)15-40(26(22)41)21-7-4-6-20(12-21)27(16-29(31,32)17-27)13-25-38-37-18-39(25)2/h4,6-7,10-12,18,36H,3,5,8-9,13-17H2,1-2H3. The van der Waals surface area contributed by atoms with Gasteiger partial charge in [-0.15, -0.1) is 10.2 Å². The first kappa shape index (κ1) is 27.8. The van der Waals surface area contributed by atoms with Crippen LogP contribution in [-0.4, -0.2) is 32.1 Å². The molecule has 1 amide bonds. The number of anilines is 1. The number of nitrogens with one attached hydrogen (secondary N) is 1. The molecule has 1 N–H and O–H groups in total. The van der Waals surface area contributed by atoms with Gasteiger partial charge in [-0.2, -0.15) is 13.2 Å². The van der Waals surface area contributed by atoms with E-state index in [9.17, 15) is 26.7 Å². The highest BCUT2D eigenvalue weighted by Crippen LogP contribution is 2.55. The van der Waals surface area contributed by atoms with E-state index in [1.54, 1.807) is 41.9 Å². The Morgan fingerprint density at radius 2 is 1.85 bits per heavy atom. The second kappa shape index (κ2) is 9.61. The lowest BCUT2D eigenvalue weighted by Crippen LogP contribution is -2.51. The molecule has 2 fully saturated rings. The van der Waals surface area contributed by atoms with Crippen LogP contribution in [0.3, 0.4) is 0 Å². The molecule has 2 saturated carbocycles. The van der Waals surface area contributed by atoms with Gasteiger partial charge in [-0.05, 0) is 66.6 Å². The maximum atomic E-state index is 14.3. The van der Waals surface area contributed by atoms with Crippen molar-refractivity contribution in [3.05, 3.63) is 76.4 Å². The van der Waals surface area contributed by atoms with Crippen molar-refractivity contribution in [3.63, 3.8) is 0 Å². The number of amides is 1. The van der Waals surface area contributed by atoms with Gasteiger partial charge in [0.15, 0.2) is 0 Å². The lowest BCUT2D eigenvalue weighted by Gasteiger charge is -2.48. The Kier molecular flexibility index (Phi) is 6.52. The maximum absolute atomic E-state index is 14.3. The Balaban J connectivity index is 1.31. The number of alkyl halides is 5. The summed E-state index contributed by atoms with van der Waals surface area (Å²) in [6.45, 7) is 2.06. The molecule has 0 saturated heterocycles. The summed E-state index contributed by atoms with van der Waals surface area (Å²) in [7, 11) is 1.74. The van der Waals surface area contributed by atoms with Crippen LogP contribution in [0.4, 0.5) is 27.6 Å². The van der Waals surface area contributed by atoms with Crippen LogP contribution in [0.1, 0.15) is 83.9 Å². The zero-order valence-corrected chi connectivity index (χ0v) is 23.0. The fourth-order valence-corrected chi connectivity index (χ4v) is 6.72. The number of hydrogen-bond acceptors (Lipinski definition) is 4. The van der Waals surface area contributed by atoms with E-state index in [0.29, 0.717) is 22.6 Å². The van der Waals surface area contributed by atoms with Crippen LogP contribution in [0.2, 0.25) is 0 Å². The summed E-state index contributed by atoms with van der Waals surface area (Å²) >= 11 is 0. The van der Waals surface area contributed by atoms with E-state index in [4.69, 9.17) is 0 Å². The minimum absolute atomic E-state index is 0.0326. The molecule has 0 bridgehead atoms. The van der Waals surface area contributed by atoms with Gasteiger partial charge < -0.3 is 14.8 Å². The summed E-state index contributed by atoms with van der Waals surface area (Å²) < 4.78 is 72.9. The average molecular weight is 574 g/mol.